The Hall–Kier alpha value is -1.68. The standard InChI is InChI=1S/C15H16Cl2N4O4S/c1-26(23,24)21-7-3-2-4-12(21)13(22)18-15-20-19-14(25-15)10-8-9(16)5-6-11(10)17/h5-6,8,12H,2-4,7H2,1H3,(H,18,20,22). The van der Waals surface area contributed by atoms with Gasteiger partial charge in [0.05, 0.1) is 16.8 Å². The molecule has 1 aromatic heterocycles. The molecule has 0 bridgehead atoms. The van der Waals surface area contributed by atoms with Gasteiger partial charge in [-0.3, -0.25) is 10.1 Å². The molecule has 1 saturated heterocycles. The van der Waals surface area contributed by atoms with E-state index in [2.05, 4.69) is 15.5 Å². The largest absolute Gasteiger partial charge is 0.403 e. The lowest BCUT2D eigenvalue weighted by molar-refractivity contribution is -0.120. The topological polar surface area (TPSA) is 105 Å². The molecule has 2 heterocycles. The molecule has 11 heteroatoms. The Kier molecular flexibility index (Phi) is 5.52. The highest BCUT2D eigenvalue weighted by atomic mass is 35.5. The average Bonchev–Trinajstić information content (AvgIpc) is 3.04. The molecule has 1 aliphatic heterocycles. The van der Waals surface area contributed by atoms with E-state index in [9.17, 15) is 13.2 Å². The quantitative estimate of drug-likeness (QED) is 0.817. The molecule has 1 aliphatic rings. The first-order valence-electron chi connectivity index (χ1n) is 7.82. The number of nitrogens with one attached hydrogen (secondary N) is 1. The van der Waals surface area contributed by atoms with Gasteiger partial charge >= 0.3 is 6.01 Å². The number of halogens is 2. The Bertz CT molecular complexity index is 931. The van der Waals surface area contributed by atoms with Gasteiger partial charge in [0.15, 0.2) is 0 Å². The molecule has 1 fully saturated rings. The molecule has 8 nitrogen and oxygen atoms in total. The molecular weight excluding hydrogens is 403 g/mol. The van der Waals surface area contributed by atoms with Crippen molar-refractivity contribution >= 4 is 45.1 Å². The maximum atomic E-state index is 12.5. The molecule has 0 spiro atoms. The summed E-state index contributed by atoms with van der Waals surface area (Å²) in [6, 6.07) is 3.84. The molecule has 0 aliphatic carbocycles. The zero-order valence-electron chi connectivity index (χ0n) is 13.8. The third-order valence-corrected chi connectivity index (χ3v) is 5.85. The lowest BCUT2D eigenvalue weighted by Gasteiger charge is -2.32. The van der Waals surface area contributed by atoms with Crippen LogP contribution in [0.25, 0.3) is 11.5 Å². The summed E-state index contributed by atoms with van der Waals surface area (Å²) in [5, 5.41) is 10.9. The molecule has 1 atom stereocenters. The predicted molar refractivity (Wildman–Crippen MR) is 97.6 cm³/mol. The van der Waals surface area contributed by atoms with Gasteiger partial charge in [-0.2, -0.15) is 4.31 Å². The second-order valence-corrected chi connectivity index (χ2v) is 8.69. The van der Waals surface area contributed by atoms with Crippen LogP contribution in [-0.2, 0) is 14.8 Å². The lowest BCUT2D eigenvalue weighted by atomic mass is 10.0. The van der Waals surface area contributed by atoms with Gasteiger partial charge in [0.1, 0.15) is 6.04 Å². The Labute approximate surface area is 160 Å². The van der Waals surface area contributed by atoms with Crippen LogP contribution < -0.4 is 5.32 Å². The summed E-state index contributed by atoms with van der Waals surface area (Å²) < 4.78 is 30.4. The number of amides is 1. The van der Waals surface area contributed by atoms with Gasteiger partial charge in [0, 0.05) is 11.6 Å². The molecule has 1 N–H and O–H groups in total. The van der Waals surface area contributed by atoms with Crippen LogP contribution >= 0.6 is 23.2 Å². The number of aromatic nitrogens is 2. The molecule has 1 aromatic carbocycles. The summed E-state index contributed by atoms with van der Waals surface area (Å²) >= 11 is 12.0. The average molecular weight is 419 g/mol. The number of carbonyl (C=O) groups is 1. The van der Waals surface area contributed by atoms with E-state index in [4.69, 9.17) is 27.6 Å². The fourth-order valence-electron chi connectivity index (χ4n) is 2.80. The zero-order chi connectivity index (χ0) is 18.9. The van der Waals surface area contributed by atoms with Crippen molar-refractivity contribution in [2.75, 3.05) is 18.1 Å². The van der Waals surface area contributed by atoms with Crippen LogP contribution in [0.1, 0.15) is 19.3 Å². The number of hydrogen-bond acceptors (Lipinski definition) is 6. The van der Waals surface area contributed by atoms with E-state index < -0.39 is 22.0 Å². The van der Waals surface area contributed by atoms with Gasteiger partial charge in [-0.25, -0.2) is 8.42 Å². The number of sulfonamides is 1. The van der Waals surface area contributed by atoms with E-state index >= 15 is 0 Å². The number of nitrogens with zero attached hydrogens (tertiary/aromatic N) is 3. The van der Waals surface area contributed by atoms with E-state index in [1.54, 1.807) is 18.2 Å². The van der Waals surface area contributed by atoms with Crippen molar-refractivity contribution in [3.05, 3.63) is 28.2 Å². The van der Waals surface area contributed by atoms with Crippen molar-refractivity contribution < 1.29 is 17.6 Å². The monoisotopic (exact) mass is 418 g/mol. The summed E-state index contributed by atoms with van der Waals surface area (Å²) in [6.07, 6.45) is 3.00. The van der Waals surface area contributed by atoms with Crippen molar-refractivity contribution in [2.24, 2.45) is 0 Å². The fraction of sp³-hybridized carbons (Fsp3) is 0.400. The molecule has 3 rings (SSSR count). The number of carbonyl (C=O) groups excluding carboxylic acids is 1. The maximum absolute atomic E-state index is 12.5. The van der Waals surface area contributed by atoms with E-state index in [-0.39, 0.29) is 11.9 Å². The Morgan fingerprint density at radius 1 is 1.31 bits per heavy atom. The van der Waals surface area contributed by atoms with Gasteiger partial charge in [0.25, 0.3) is 5.89 Å². The van der Waals surface area contributed by atoms with E-state index in [0.717, 1.165) is 19.1 Å². The summed E-state index contributed by atoms with van der Waals surface area (Å²) in [5.41, 5.74) is 0.433. The Balaban J connectivity index is 1.78. The fourth-order valence-corrected chi connectivity index (χ4v) is 4.29. The molecule has 2 aromatic rings. The predicted octanol–water partition coefficient (Wildman–Crippen LogP) is 2.80. The van der Waals surface area contributed by atoms with Crippen molar-refractivity contribution in [3.8, 4) is 11.5 Å². The highest BCUT2D eigenvalue weighted by Crippen LogP contribution is 2.30. The van der Waals surface area contributed by atoms with Crippen molar-refractivity contribution in [1.82, 2.24) is 14.5 Å². The Morgan fingerprint density at radius 3 is 2.81 bits per heavy atom. The minimum Gasteiger partial charge on any atom is -0.403 e. The second kappa shape index (κ2) is 7.51. The van der Waals surface area contributed by atoms with Crippen LogP contribution in [0.15, 0.2) is 22.6 Å². The van der Waals surface area contributed by atoms with E-state index in [0.29, 0.717) is 28.6 Å². The maximum Gasteiger partial charge on any atom is 0.322 e. The summed E-state index contributed by atoms with van der Waals surface area (Å²) in [7, 11) is -3.49. The van der Waals surface area contributed by atoms with Gasteiger partial charge in [0.2, 0.25) is 15.9 Å². The highest BCUT2D eigenvalue weighted by Gasteiger charge is 2.35. The van der Waals surface area contributed by atoms with Gasteiger partial charge in [-0.05, 0) is 31.0 Å². The lowest BCUT2D eigenvalue weighted by Crippen LogP contribution is -2.49. The molecule has 26 heavy (non-hydrogen) atoms. The van der Waals surface area contributed by atoms with Gasteiger partial charge < -0.3 is 4.42 Å². The summed E-state index contributed by atoms with van der Waals surface area (Å²) in [6.45, 7) is 0.310. The molecule has 140 valence electrons. The summed E-state index contributed by atoms with van der Waals surface area (Å²) in [4.78, 5) is 12.5. The van der Waals surface area contributed by atoms with Crippen LogP contribution in [0.3, 0.4) is 0 Å². The van der Waals surface area contributed by atoms with Crippen LogP contribution in [0.5, 0.6) is 0 Å². The highest BCUT2D eigenvalue weighted by molar-refractivity contribution is 7.88. The molecular formula is C15H16Cl2N4O4S. The molecule has 1 unspecified atom stereocenters. The normalized spacial score (nSPS) is 18.7. The molecule has 0 saturated carbocycles. The number of piperidine rings is 1. The van der Waals surface area contributed by atoms with Crippen molar-refractivity contribution in [2.45, 2.75) is 25.3 Å². The minimum absolute atomic E-state index is 0.0939. The number of anilines is 1. The second-order valence-electron chi connectivity index (χ2n) is 5.91. The van der Waals surface area contributed by atoms with Gasteiger partial charge in [-0.1, -0.05) is 34.7 Å². The first kappa shape index (κ1) is 19.1. The van der Waals surface area contributed by atoms with Crippen LogP contribution in [0.4, 0.5) is 6.01 Å². The SMILES string of the molecule is CS(=O)(=O)N1CCCCC1C(=O)Nc1nnc(-c2cc(Cl)ccc2Cl)o1. The zero-order valence-corrected chi connectivity index (χ0v) is 16.1. The number of benzene rings is 1. The third-order valence-electron chi connectivity index (χ3n) is 4.00. The third kappa shape index (κ3) is 4.17. The smallest absolute Gasteiger partial charge is 0.322 e. The molecule has 0 radical (unpaired) electrons. The first-order valence-corrected chi connectivity index (χ1v) is 10.4. The Morgan fingerprint density at radius 2 is 2.08 bits per heavy atom. The van der Waals surface area contributed by atoms with Crippen LogP contribution in [0, 0.1) is 0 Å². The van der Waals surface area contributed by atoms with E-state index in [1.807, 2.05) is 0 Å². The number of rotatable bonds is 4. The van der Waals surface area contributed by atoms with Crippen LogP contribution in [0.2, 0.25) is 10.0 Å². The number of hydrogen-bond donors (Lipinski definition) is 1. The van der Waals surface area contributed by atoms with Crippen LogP contribution in [-0.4, -0.2) is 47.7 Å². The molecule has 1 amide bonds. The van der Waals surface area contributed by atoms with Gasteiger partial charge in [-0.15, -0.1) is 5.10 Å². The van der Waals surface area contributed by atoms with Crippen molar-refractivity contribution in [1.29, 1.82) is 0 Å². The van der Waals surface area contributed by atoms with Crippen molar-refractivity contribution in [3.63, 3.8) is 0 Å². The summed E-state index contributed by atoms with van der Waals surface area (Å²) in [5.74, 6) is -0.418. The first-order chi connectivity index (χ1) is 12.3. The minimum atomic E-state index is -3.49. The van der Waals surface area contributed by atoms with E-state index in [1.165, 1.54) is 4.31 Å².